The van der Waals surface area contributed by atoms with E-state index in [1.165, 1.54) is 30.3 Å². The second kappa shape index (κ2) is 7.82. The van der Waals surface area contributed by atoms with Gasteiger partial charge < -0.3 is 14.6 Å². The summed E-state index contributed by atoms with van der Waals surface area (Å²) in [6.07, 6.45) is 1.52. The molecule has 3 rings (SSSR count). The fourth-order valence-corrected chi connectivity index (χ4v) is 2.74. The van der Waals surface area contributed by atoms with Gasteiger partial charge in [-0.05, 0) is 54.1 Å². The van der Waals surface area contributed by atoms with Crippen molar-refractivity contribution in [2.75, 3.05) is 0 Å². The van der Waals surface area contributed by atoms with Crippen molar-refractivity contribution in [1.29, 1.82) is 5.26 Å². The number of hydrogen-bond donors (Lipinski definition) is 2. The van der Waals surface area contributed by atoms with E-state index in [2.05, 4.69) is 6.07 Å². The Morgan fingerprint density at radius 1 is 0.964 bits per heavy atom. The van der Waals surface area contributed by atoms with Gasteiger partial charge in [-0.3, -0.25) is 0 Å². The van der Waals surface area contributed by atoms with E-state index >= 15 is 0 Å². The van der Waals surface area contributed by atoms with E-state index in [9.17, 15) is 20.0 Å². The van der Waals surface area contributed by atoms with Gasteiger partial charge in [0.1, 0.15) is 11.5 Å². The molecule has 0 aliphatic rings. The van der Waals surface area contributed by atoms with Gasteiger partial charge >= 0.3 is 11.9 Å². The second-order valence-corrected chi connectivity index (χ2v) is 6.16. The number of nitriles is 1. The van der Waals surface area contributed by atoms with E-state index in [1.54, 1.807) is 30.3 Å². The molecule has 3 aromatic rings. The summed E-state index contributed by atoms with van der Waals surface area (Å²) in [6.45, 7) is 0. The molecule has 0 bridgehead atoms. The van der Waals surface area contributed by atoms with Crippen molar-refractivity contribution in [3.63, 3.8) is 0 Å². The molecule has 0 spiro atoms. The third-order valence-electron chi connectivity index (χ3n) is 3.96. The van der Waals surface area contributed by atoms with Gasteiger partial charge in [-0.15, -0.1) is 0 Å². The highest BCUT2D eigenvalue weighted by molar-refractivity contribution is 6.33. The number of allylic oxidation sites excluding steroid dienone is 1. The molecule has 0 aliphatic carbocycles. The number of nitrogens with zero attached hydrogens (tertiary/aromatic N) is 1. The van der Waals surface area contributed by atoms with Crippen LogP contribution in [0.2, 0.25) is 5.02 Å². The van der Waals surface area contributed by atoms with Gasteiger partial charge in [0.05, 0.1) is 27.8 Å². The Bertz CT molecular complexity index is 1140. The number of carbonyl (C=O) groups is 2. The number of benzene rings is 2. The van der Waals surface area contributed by atoms with Crippen molar-refractivity contribution in [1.82, 2.24) is 0 Å². The Hall–Kier alpha value is -3.82. The predicted octanol–water partition coefficient (Wildman–Crippen LogP) is 5.06. The summed E-state index contributed by atoms with van der Waals surface area (Å²) in [6, 6.07) is 15.8. The third-order valence-corrected chi connectivity index (χ3v) is 4.29. The molecule has 28 heavy (non-hydrogen) atoms. The van der Waals surface area contributed by atoms with Gasteiger partial charge in [0.2, 0.25) is 0 Å². The summed E-state index contributed by atoms with van der Waals surface area (Å²) < 4.78 is 5.70. The lowest BCUT2D eigenvalue weighted by atomic mass is 10.0. The second-order valence-electron chi connectivity index (χ2n) is 5.75. The van der Waals surface area contributed by atoms with Crippen LogP contribution in [0.4, 0.5) is 0 Å². The van der Waals surface area contributed by atoms with Crippen LogP contribution in [0.3, 0.4) is 0 Å². The number of aromatic carboxylic acids is 2. The molecule has 1 aromatic heterocycles. The maximum Gasteiger partial charge on any atom is 0.337 e. The van der Waals surface area contributed by atoms with Gasteiger partial charge in [-0.25, -0.2) is 9.59 Å². The molecule has 0 amide bonds. The maximum absolute atomic E-state index is 11.2. The minimum atomic E-state index is -1.14. The van der Waals surface area contributed by atoms with Crippen molar-refractivity contribution in [3.8, 4) is 17.4 Å². The Morgan fingerprint density at radius 2 is 1.64 bits per heavy atom. The van der Waals surface area contributed by atoms with Crippen LogP contribution in [-0.4, -0.2) is 22.2 Å². The van der Waals surface area contributed by atoms with Crippen molar-refractivity contribution < 1.29 is 24.2 Å². The van der Waals surface area contributed by atoms with Crippen molar-refractivity contribution in [3.05, 3.63) is 82.1 Å². The van der Waals surface area contributed by atoms with Crippen LogP contribution < -0.4 is 0 Å². The molecule has 0 saturated carbocycles. The van der Waals surface area contributed by atoms with Crippen LogP contribution in [0.25, 0.3) is 23.0 Å². The first-order valence-corrected chi connectivity index (χ1v) is 8.35. The fourth-order valence-electron chi connectivity index (χ4n) is 2.54. The van der Waals surface area contributed by atoms with E-state index in [0.29, 0.717) is 28.2 Å². The zero-order chi connectivity index (χ0) is 20.3. The van der Waals surface area contributed by atoms with Crippen molar-refractivity contribution in [2.45, 2.75) is 0 Å². The summed E-state index contributed by atoms with van der Waals surface area (Å²) >= 11 is 5.88. The van der Waals surface area contributed by atoms with Crippen molar-refractivity contribution >= 4 is 35.2 Å². The molecule has 2 N–H and O–H groups in total. The smallest absolute Gasteiger partial charge is 0.337 e. The lowest BCUT2D eigenvalue weighted by Gasteiger charge is -2.02. The molecule has 2 aromatic carbocycles. The molecule has 0 aliphatic heterocycles. The Kier molecular flexibility index (Phi) is 5.30. The number of rotatable bonds is 5. The minimum Gasteiger partial charge on any atom is -0.478 e. The molecule has 0 atom stereocenters. The number of halogens is 1. The van der Waals surface area contributed by atoms with E-state index in [-0.39, 0.29) is 16.1 Å². The molecule has 0 unspecified atom stereocenters. The quantitative estimate of drug-likeness (QED) is 0.586. The predicted molar refractivity (Wildman–Crippen MR) is 103 cm³/mol. The average Bonchev–Trinajstić information content (AvgIpc) is 3.15. The SMILES string of the molecule is N#C/C(=C\c1ccc(-c2ccc(Cl)c(C(=O)O)c2)o1)c1ccc(C(=O)O)cc1. The van der Waals surface area contributed by atoms with Crippen LogP contribution in [0.1, 0.15) is 32.0 Å². The normalized spacial score (nSPS) is 11.1. The highest BCUT2D eigenvalue weighted by Crippen LogP contribution is 2.28. The zero-order valence-corrected chi connectivity index (χ0v) is 15.0. The van der Waals surface area contributed by atoms with Crippen LogP contribution in [0, 0.1) is 11.3 Å². The van der Waals surface area contributed by atoms with Crippen LogP contribution in [0.15, 0.2) is 59.0 Å². The van der Waals surface area contributed by atoms with Crippen LogP contribution >= 0.6 is 11.6 Å². The number of hydrogen-bond acceptors (Lipinski definition) is 4. The summed E-state index contributed by atoms with van der Waals surface area (Å²) in [5.74, 6) is -1.38. The zero-order valence-electron chi connectivity index (χ0n) is 14.2. The summed E-state index contributed by atoms with van der Waals surface area (Å²) in [7, 11) is 0. The molecule has 7 heteroatoms. The minimum absolute atomic E-state index is 0.0381. The van der Waals surface area contributed by atoms with Gasteiger partial charge in [0.25, 0.3) is 0 Å². The monoisotopic (exact) mass is 393 g/mol. The van der Waals surface area contributed by atoms with E-state index in [1.807, 2.05) is 0 Å². The summed E-state index contributed by atoms with van der Waals surface area (Å²) in [5.41, 5.74) is 1.46. The first-order chi connectivity index (χ1) is 13.4. The van der Waals surface area contributed by atoms with Crippen LogP contribution in [-0.2, 0) is 0 Å². The summed E-state index contributed by atoms with van der Waals surface area (Å²) in [4.78, 5) is 22.1. The standard InChI is InChI=1S/C21H12ClNO5/c22-18-7-5-14(10-17(18)21(26)27)19-8-6-16(28-19)9-15(11-23)12-1-3-13(4-2-12)20(24)25/h1-10H,(H,24,25)(H,26,27)/b15-9+. The van der Waals surface area contributed by atoms with E-state index in [0.717, 1.165) is 0 Å². The first kappa shape index (κ1) is 19.0. The number of carboxylic acids is 2. The number of furan rings is 1. The molecule has 1 heterocycles. The Morgan fingerprint density at radius 3 is 2.25 bits per heavy atom. The highest BCUT2D eigenvalue weighted by Gasteiger charge is 2.13. The highest BCUT2D eigenvalue weighted by atomic mass is 35.5. The van der Waals surface area contributed by atoms with Crippen molar-refractivity contribution in [2.24, 2.45) is 0 Å². The van der Waals surface area contributed by atoms with E-state index in [4.69, 9.17) is 21.1 Å². The largest absolute Gasteiger partial charge is 0.478 e. The summed E-state index contributed by atoms with van der Waals surface area (Å²) in [5, 5.41) is 27.7. The molecular formula is C21H12ClNO5. The lowest BCUT2D eigenvalue weighted by molar-refractivity contribution is 0.0686. The molecule has 0 saturated heterocycles. The molecular weight excluding hydrogens is 382 g/mol. The first-order valence-electron chi connectivity index (χ1n) is 7.97. The topological polar surface area (TPSA) is 112 Å². The fraction of sp³-hybridized carbons (Fsp3) is 0. The van der Waals surface area contributed by atoms with E-state index < -0.39 is 11.9 Å². The molecule has 6 nitrogen and oxygen atoms in total. The van der Waals surface area contributed by atoms with Gasteiger partial charge in [-0.2, -0.15) is 5.26 Å². The maximum atomic E-state index is 11.2. The third kappa shape index (κ3) is 3.95. The Labute approximate surface area is 164 Å². The number of carboxylic acid groups (broad SMARTS) is 2. The molecule has 0 radical (unpaired) electrons. The van der Waals surface area contributed by atoms with Gasteiger partial charge in [-0.1, -0.05) is 23.7 Å². The lowest BCUT2D eigenvalue weighted by Crippen LogP contribution is -1.97. The average molecular weight is 394 g/mol. The van der Waals surface area contributed by atoms with Crippen LogP contribution in [0.5, 0.6) is 0 Å². The van der Waals surface area contributed by atoms with Gasteiger partial charge in [0, 0.05) is 5.56 Å². The van der Waals surface area contributed by atoms with Gasteiger partial charge in [0.15, 0.2) is 0 Å². The molecule has 0 fully saturated rings. The molecule has 138 valence electrons. The Balaban J connectivity index is 1.92.